The molecular formula is C14H15NO. The maximum Gasteiger partial charge on any atom is 0.0682 e. The van der Waals surface area contributed by atoms with Gasteiger partial charge in [0.25, 0.3) is 0 Å². The summed E-state index contributed by atoms with van der Waals surface area (Å²) < 4.78 is 0. The van der Waals surface area contributed by atoms with E-state index in [1.165, 1.54) is 0 Å². The third kappa shape index (κ3) is 2.28. The lowest BCUT2D eigenvalue weighted by molar-refractivity contribution is 0.282. The van der Waals surface area contributed by atoms with Crippen LogP contribution in [-0.4, -0.2) is 10.1 Å². The number of nitrogens with zero attached hydrogens (tertiary/aromatic N) is 1. The fourth-order valence-corrected chi connectivity index (χ4v) is 1.83. The van der Waals surface area contributed by atoms with E-state index in [0.717, 1.165) is 27.8 Å². The van der Waals surface area contributed by atoms with Crippen LogP contribution in [0.1, 0.15) is 16.7 Å². The summed E-state index contributed by atoms with van der Waals surface area (Å²) in [5.41, 5.74) is 5.45. The highest BCUT2D eigenvalue weighted by Crippen LogP contribution is 2.22. The first-order chi connectivity index (χ1) is 7.69. The number of pyridine rings is 1. The standard InChI is InChI=1S/C14H15NO/c1-10-3-12(9-16)6-13(4-10)14-5-11(2)7-15-8-14/h3-8,16H,9H2,1-2H3. The monoisotopic (exact) mass is 213 g/mol. The van der Waals surface area contributed by atoms with Crippen LogP contribution in [0, 0.1) is 13.8 Å². The van der Waals surface area contributed by atoms with Crippen LogP contribution in [0.25, 0.3) is 11.1 Å². The first kappa shape index (κ1) is 10.8. The lowest BCUT2D eigenvalue weighted by Crippen LogP contribution is -1.88. The average Bonchev–Trinajstić information content (AvgIpc) is 2.28. The van der Waals surface area contributed by atoms with E-state index < -0.39 is 0 Å². The zero-order valence-corrected chi connectivity index (χ0v) is 9.57. The summed E-state index contributed by atoms with van der Waals surface area (Å²) in [4.78, 5) is 4.18. The molecule has 82 valence electrons. The van der Waals surface area contributed by atoms with E-state index in [-0.39, 0.29) is 6.61 Å². The molecule has 1 heterocycles. The molecule has 0 aliphatic rings. The second kappa shape index (κ2) is 4.45. The summed E-state index contributed by atoms with van der Waals surface area (Å²) >= 11 is 0. The lowest BCUT2D eigenvalue weighted by atomic mass is 10.0. The Morgan fingerprint density at radius 2 is 1.69 bits per heavy atom. The fraction of sp³-hybridized carbons (Fsp3) is 0.214. The fourth-order valence-electron chi connectivity index (χ4n) is 1.83. The molecule has 0 saturated heterocycles. The van der Waals surface area contributed by atoms with Crippen molar-refractivity contribution in [2.24, 2.45) is 0 Å². The highest BCUT2D eigenvalue weighted by Gasteiger charge is 2.01. The van der Waals surface area contributed by atoms with Crippen molar-refractivity contribution >= 4 is 0 Å². The van der Waals surface area contributed by atoms with Gasteiger partial charge in [0.05, 0.1) is 6.61 Å². The number of aliphatic hydroxyl groups is 1. The van der Waals surface area contributed by atoms with E-state index in [4.69, 9.17) is 0 Å². The topological polar surface area (TPSA) is 33.1 Å². The van der Waals surface area contributed by atoms with Crippen molar-refractivity contribution in [1.29, 1.82) is 0 Å². The van der Waals surface area contributed by atoms with E-state index in [1.807, 2.05) is 38.4 Å². The van der Waals surface area contributed by atoms with E-state index in [1.54, 1.807) is 0 Å². The molecule has 2 aromatic rings. The summed E-state index contributed by atoms with van der Waals surface area (Å²) in [5, 5.41) is 9.17. The molecular weight excluding hydrogens is 198 g/mol. The van der Waals surface area contributed by atoms with Crippen LogP contribution < -0.4 is 0 Å². The summed E-state index contributed by atoms with van der Waals surface area (Å²) in [6, 6.07) is 8.20. The zero-order valence-electron chi connectivity index (χ0n) is 9.57. The lowest BCUT2D eigenvalue weighted by Gasteiger charge is -2.06. The minimum Gasteiger partial charge on any atom is -0.392 e. The van der Waals surface area contributed by atoms with Gasteiger partial charge in [-0.15, -0.1) is 0 Å². The van der Waals surface area contributed by atoms with Gasteiger partial charge in [0.15, 0.2) is 0 Å². The van der Waals surface area contributed by atoms with E-state index in [2.05, 4.69) is 17.1 Å². The third-order valence-electron chi connectivity index (χ3n) is 2.53. The number of benzene rings is 1. The van der Waals surface area contributed by atoms with E-state index in [0.29, 0.717) is 0 Å². The molecule has 0 amide bonds. The summed E-state index contributed by atoms with van der Waals surface area (Å²) in [7, 11) is 0. The first-order valence-corrected chi connectivity index (χ1v) is 5.32. The van der Waals surface area contributed by atoms with Crippen molar-refractivity contribution in [3.8, 4) is 11.1 Å². The summed E-state index contributed by atoms with van der Waals surface area (Å²) in [5.74, 6) is 0. The molecule has 2 heteroatoms. The smallest absolute Gasteiger partial charge is 0.0682 e. The van der Waals surface area contributed by atoms with Gasteiger partial charge in [-0.25, -0.2) is 0 Å². The van der Waals surface area contributed by atoms with Crippen LogP contribution >= 0.6 is 0 Å². The number of hydrogen-bond acceptors (Lipinski definition) is 2. The Hall–Kier alpha value is -1.67. The highest BCUT2D eigenvalue weighted by atomic mass is 16.3. The Balaban J connectivity index is 2.51. The van der Waals surface area contributed by atoms with Gasteiger partial charge in [-0.3, -0.25) is 4.98 Å². The largest absolute Gasteiger partial charge is 0.392 e. The van der Waals surface area contributed by atoms with Gasteiger partial charge in [0.1, 0.15) is 0 Å². The molecule has 0 unspecified atom stereocenters. The van der Waals surface area contributed by atoms with Crippen LogP contribution in [0.2, 0.25) is 0 Å². The third-order valence-corrected chi connectivity index (χ3v) is 2.53. The normalized spacial score (nSPS) is 10.4. The molecule has 0 spiro atoms. The SMILES string of the molecule is Cc1cncc(-c2cc(C)cc(CO)c2)c1. The van der Waals surface area contributed by atoms with Gasteiger partial charge >= 0.3 is 0 Å². The van der Waals surface area contributed by atoms with Gasteiger partial charge < -0.3 is 5.11 Å². The second-order valence-corrected chi connectivity index (χ2v) is 4.12. The molecule has 0 aliphatic carbocycles. The molecule has 1 N–H and O–H groups in total. The molecule has 0 bridgehead atoms. The van der Waals surface area contributed by atoms with Crippen molar-refractivity contribution in [3.63, 3.8) is 0 Å². The minimum absolute atomic E-state index is 0.0773. The molecule has 0 fully saturated rings. The molecule has 0 aliphatic heterocycles. The number of aromatic nitrogens is 1. The molecule has 16 heavy (non-hydrogen) atoms. The van der Waals surface area contributed by atoms with Crippen LogP contribution in [0.5, 0.6) is 0 Å². The summed E-state index contributed by atoms with van der Waals surface area (Å²) in [6.45, 7) is 4.14. The van der Waals surface area contributed by atoms with Crippen LogP contribution in [0.4, 0.5) is 0 Å². The number of hydrogen-bond donors (Lipinski definition) is 1. The molecule has 0 saturated carbocycles. The van der Waals surface area contributed by atoms with Crippen LogP contribution in [-0.2, 0) is 6.61 Å². The van der Waals surface area contributed by atoms with Crippen LogP contribution in [0.15, 0.2) is 36.7 Å². The quantitative estimate of drug-likeness (QED) is 0.832. The number of aryl methyl sites for hydroxylation is 2. The Labute approximate surface area is 95.6 Å². The van der Waals surface area contributed by atoms with Gasteiger partial charge in [0, 0.05) is 18.0 Å². The maximum atomic E-state index is 9.17. The van der Waals surface area contributed by atoms with Crippen molar-refractivity contribution in [3.05, 3.63) is 53.3 Å². The zero-order chi connectivity index (χ0) is 11.5. The van der Waals surface area contributed by atoms with Gasteiger partial charge in [-0.2, -0.15) is 0 Å². The highest BCUT2D eigenvalue weighted by molar-refractivity contribution is 5.64. The van der Waals surface area contributed by atoms with Gasteiger partial charge in [-0.1, -0.05) is 17.7 Å². The van der Waals surface area contributed by atoms with Crippen LogP contribution in [0.3, 0.4) is 0 Å². The molecule has 1 aromatic heterocycles. The van der Waals surface area contributed by atoms with Gasteiger partial charge in [0.2, 0.25) is 0 Å². The molecule has 2 rings (SSSR count). The number of aliphatic hydroxyl groups excluding tert-OH is 1. The van der Waals surface area contributed by atoms with Crippen molar-refractivity contribution in [2.45, 2.75) is 20.5 Å². The maximum absolute atomic E-state index is 9.17. The van der Waals surface area contributed by atoms with Gasteiger partial charge in [-0.05, 0) is 42.7 Å². The van der Waals surface area contributed by atoms with Crippen molar-refractivity contribution < 1.29 is 5.11 Å². The minimum atomic E-state index is 0.0773. The average molecular weight is 213 g/mol. The Morgan fingerprint density at radius 3 is 2.38 bits per heavy atom. The molecule has 0 radical (unpaired) electrons. The Kier molecular flexibility index (Phi) is 3.02. The molecule has 2 nitrogen and oxygen atoms in total. The molecule has 0 atom stereocenters. The predicted octanol–water partition coefficient (Wildman–Crippen LogP) is 2.86. The van der Waals surface area contributed by atoms with Crippen molar-refractivity contribution in [1.82, 2.24) is 4.98 Å². The molecule has 1 aromatic carbocycles. The number of rotatable bonds is 2. The Bertz CT molecular complexity index is 506. The summed E-state index contributed by atoms with van der Waals surface area (Å²) in [6.07, 6.45) is 3.69. The second-order valence-electron chi connectivity index (χ2n) is 4.12. The van der Waals surface area contributed by atoms with Crippen molar-refractivity contribution in [2.75, 3.05) is 0 Å². The first-order valence-electron chi connectivity index (χ1n) is 5.32. The predicted molar refractivity (Wildman–Crippen MR) is 65.1 cm³/mol. The van der Waals surface area contributed by atoms with E-state index >= 15 is 0 Å². The van der Waals surface area contributed by atoms with E-state index in [9.17, 15) is 5.11 Å². The Morgan fingerprint density at radius 1 is 0.938 bits per heavy atom.